The van der Waals surface area contributed by atoms with Gasteiger partial charge in [-0.1, -0.05) is 0 Å². The summed E-state index contributed by atoms with van der Waals surface area (Å²) in [6.45, 7) is 4.73. The van der Waals surface area contributed by atoms with Crippen molar-refractivity contribution in [2.24, 2.45) is 5.73 Å². The number of hydrogen-bond acceptors (Lipinski definition) is 5. The molecule has 0 aliphatic carbocycles. The Bertz CT molecular complexity index is 436. The summed E-state index contributed by atoms with van der Waals surface area (Å²) in [5.74, 6) is 0.421. The number of carbonyl (C=O) groups excluding carboxylic acids is 1. The van der Waals surface area contributed by atoms with Crippen molar-refractivity contribution in [1.29, 1.82) is 0 Å². The predicted octanol–water partition coefficient (Wildman–Crippen LogP) is 0.421. The smallest absolute Gasteiger partial charge is 0.258 e. The third kappa shape index (κ3) is 5.99. The van der Waals surface area contributed by atoms with Gasteiger partial charge in [-0.3, -0.25) is 9.78 Å². The van der Waals surface area contributed by atoms with Crippen LogP contribution in [0.3, 0.4) is 0 Å². The van der Waals surface area contributed by atoms with Crippen LogP contribution in [0.1, 0.15) is 18.3 Å². The Morgan fingerprint density at radius 2 is 2.25 bits per heavy atom. The fourth-order valence-electron chi connectivity index (χ4n) is 1.67. The molecular formula is C14H23N3O3. The molecule has 1 atom stereocenters. The van der Waals surface area contributed by atoms with Crippen LogP contribution in [0, 0.1) is 6.92 Å². The van der Waals surface area contributed by atoms with E-state index in [1.807, 2.05) is 26.0 Å². The molecule has 6 nitrogen and oxygen atoms in total. The van der Waals surface area contributed by atoms with Crippen LogP contribution in [-0.2, 0) is 16.0 Å². The molecule has 1 heterocycles. The monoisotopic (exact) mass is 281 g/mol. The molecule has 0 saturated heterocycles. The maximum atomic E-state index is 11.6. The summed E-state index contributed by atoms with van der Waals surface area (Å²) in [5.41, 5.74) is 7.47. The largest absolute Gasteiger partial charge is 0.482 e. The predicted molar refractivity (Wildman–Crippen MR) is 76.7 cm³/mol. The van der Waals surface area contributed by atoms with Gasteiger partial charge in [0.15, 0.2) is 6.61 Å². The SMILES string of the molecule is COCCNC(=O)COc1ccc(C)nc1CC(C)N. The van der Waals surface area contributed by atoms with E-state index >= 15 is 0 Å². The van der Waals surface area contributed by atoms with Crippen LogP contribution >= 0.6 is 0 Å². The van der Waals surface area contributed by atoms with Gasteiger partial charge in [0, 0.05) is 31.8 Å². The molecule has 6 heteroatoms. The van der Waals surface area contributed by atoms with Gasteiger partial charge in [0.1, 0.15) is 5.75 Å². The highest BCUT2D eigenvalue weighted by atomic mass is 16.5. The number of hydrogen-bond donors (Lipinski definition) is 2. The Morgan fingerprint density at radius 1 is 1.50 bits per heavy atom. The highest BCUT2D eigenvalue weighted by molar-refractivity contribution is 5.77. The van der Waals surface area contributed by atoms with Crippen molar-refractivity contribution in [3.63, 3.8) is 0 Å². The quantitative estimate of drug-likeness (QED) is 0.674. The molecule has 1 rings (SSSR count). The van der Waals surface area contributed by atoms with Crippen LogP contribution in [0.2, 0.25) is 0 Å². The van der Waals surface area contributed by atoms with Gasteiger partial charge < -0.3 is 20.5 Å². The van der Waals surface area contributed by atoms with Crippen molar-refractivity contribution in [3.05, 3.63) is 23.5 Å². The van der Waals surface area contributed by atoms with E-state index in [0.29, 0.717) is 25.3 Å². The zero-order chi connectivity index (χ0) is 15.0. The van der Waals surface area contributed by atoms with Crippen LogP contribution in [0.15, 0.2) is 12.1 Å². The second-order valence-corrected chi connectivity index (χ2v) is 4.71. The number of rotatable bonds is 8. The number of nitrogens with one attached hydrogen (secondary N) is 1. The number of nitrogens with zero attached hydrogens (tertiary/aromatic N) is 1. The first-order valence-corrected chi connectivity index (χ1v) is 6.63. The minimum absolute atomic E-state index is 0.0119. The number of nitrogens with two attached hydrogens (primary N) is 1. The van der Waals surface area contributed by atoms with E-state index in [-0.39, 0.29) is 18.6 Å². The number of ether oxygens (including phenoxy) is 2. The second-order valence-electron chi connectivity index (χ2n) is 4.71. The Balaban J connectivity index is 2.56. The standard InChI is InChI=1S/C14H23N3O3/c1-10(15)8-12-13(5-4-11(2)17-12)20-9-14(18)16-6-7-19-3/h4-5,10H,6-9,15H2,1-3H3,(H,16,18). The summed E-state index contributed by atoms with van der Waals surface area (Å²) in [6.07, 6.45) is 0.613. The lowest BCUT2D eigenvalue weighted by Gasteiger charge is -2.13. The summed E-state index contributed by atoms with van der Waals surface area (Å²) in [6, 6.07) is 3.66. The highest BCUT2D eigenvalue weighted by Gasteiger charge is 2.10. The van der Waals surface area contributed by atoms with Gasteiger partial charge in [-0.15, -0.1) is 0 Å². The lowest BCUT2D eigenvalue weighted by atomic mass is 10.1. The average molecular weight is 281 g/mol. The van der Waals surface area contributed by atoms with Crippen molar-refractivity contribution in [1.82, 2.24) is 10.3 Å². The maximum Gasteiger partial charge on any atom is 0.258 e. The fraction of sp³-hybridized carbons (Fsp3) is 0.571. The number of amides is 1. The van der Waals surface area contributed by atoms with Crippen LogP contribution in [0.25, 0.3) is 0 Å². The number of pyridine rings is 1. The molecule has 0 fully saturated rings. The third-order valence-corrected chi connectivity index (χ3v) is 2.57. The lowest BCUT2D eigenvalue weighted by Crippen LogP contribution is -2.31. The first-order valence-electron chi connectivity index (χ1n) is 6.63. The molecule has 112 valence electrons. The van der Waals surface area contributed by atoms with Crippen molar-refractivity contribution in [2.75, 3.05) is 26.9 Å². The first-order chi connectivity index (χ1) is 9.52. The molecule has 1 unspecified atom stereocenters. The number of aromatic nitrogens is 1. The van der Waals surface area contributed by atoms with Crippen LogP contribution in [0.5, 0.6) is 5.75 Å². The molecule has 0 spiro atoms. The van der Waals surface area contributed by atoms with E-state index in [9.17, 15) is 4.79 Å². The summed E-state index contributed by atoms with van der Waals surface area (Å²) >= 11 is 0. The van der Waals surface area contributed by atoms with E-state index in [4.69, 9.17) is 15.2 Å². The molecule has 0 aliphatic heterocycles. The Morgan fingerprint density at radius 3 is 2.90 bits per heavy atom. The molecule has 3 N–H and O–H groups in total. The van der Waals surface area contributed by atoms with Gasteiger partial charge in [-0.2, -0.15) is 0 Å². The van der Waals surface area contributed by atoms with Crippen molar-refractivity contribution < 1.29 is 14.3 Å². The molecule has 0 bridgehead atoms. The number of methoxy groups -OCH3 is 1. The van der Waals surface area contributed by atoms with Crippen LogP contribution < -0.4 is 15.8 Å². The van der Waals surface area contributed by atoms with Gasteiger partial charge >= 0.3 is 0 Å². The van der Waals surface area contributed by atoms with Gasteiger partial charge in [-0.25, -0.2) is 0 Å². The van der Waals surface area contributed by atoms with Gasteiger partial charge in [0.2, 0.25) is 0 Å². The van der Waals surface area contributed by atoms with Crippen LogP contribution in [-0.4, -0.2) is 43.8 Å². The van der Waals surface area contributed by atoms with E-state index in [1.165, 1.54) is 0 Å². The third-order valence-electron chi connectivity index (χ3n) is 2.57. The van der Waals surface area contributed by atoms with E-state index in [0.717, 1.165) is 11.4 Å². The minimum atomic E-state index is -0.186. The highest BCUT2D eigenvalue weighted by Crippen LogP contribution is 2.18. The van der Waals surface area contributed by atoms with E-state index < -0.39 is 0 Å². The zero-order valence-electron chi connectivity index (χ0n) is 12.3. The molecule has 0 saturated carbocycles. The fourth-order valence-corrected chi connectivity index (χ4v) is 1.67. The normalized spacial score (nSPS) is 12.0. The second kappa shape index (κ2) is 8.50. The average Bonchev–Trinajstić information content (AvgIpc) is 2.37. The molecule has 1 amide bonds. The topological polar surface area (TPSA) is 86.5 Å². The van der Waals surface area contributed by atoms with Crippen molar-refractivity contribution in [2.45, 2.75) is 26.3 Å². The molecule has 0 radical (unpaired) electrons. The van der Waals surface area contributed by atoms with Gasteiger partial charge in [0.25, 0.3) is 5.91 Å². The van der Waals surface area contributed by atoms with Crippen LogP contribution in [0.4, 0.5) is 0 Å². The Kier molecular flexibility index (Phi) is 6.97. The Labute approximate surface area is 119 Å². The molecule has 1 aromatic heterocycles. The Hall–Kier alpha value is -1.66. The molecular weight excluding hydrogens is 258 g/mol. The zero-order valence-corrected chi connectivity index (χ0v) is 12.3. The van der Waals surface area contributed by atoms with Crippen molar-refractivity contribution in [3.8, 4) is 5.75 Å². The summed E-state index contributed by atoms with van der Waals surface area (Å²) in [4.78, 5) is 16.0. The lowest BCUT2D eigenvalue weighted by molar-refractivity contribution is -0.123. The van der Waals surface area contributed by atoms with E-state index in [2.05, 4.69) is 10.3 Å². The van der Waals surface area contributed by atoms with Gasteiger partial charge in [0.05, 0.1) is 12.3 Å². The number of aryl methyl sites for hydroxylation is 1. The minimum Gasteiger partial charge on any atom is -0.482 e. The molecule has 20 heavy (non-hydrogen) atoms. The molecule has 0 aliphatic rings. The van der Waals surface area contributed by atoms with Gasteiger partial charge in [-0.05, 0) is 26.0 Å². The number of carbonyl (C=O) groups is 1. The van der Waals surface area contributed by atoms with E-state index in [1.54, 1.807) is 7.11 Å². The molecule has 0 aromatic carbocycles. The summed E-state index contributed by atoms with van der Waals surface area (Å²) in [5, 5.41) is 2.69. The first kappa shape index (κ1) is 16.4. The molecule has 1 aromatic rings. The van der Waals surface area contributed by atoms with Crippen molar-refractivity contribution >= 4 is 5.91 Å². The maximum absolute atomic E-state index is 11.6. The summed E-state index contributed by atoms with van der Waals surface area (Å²) in [7, 11) is 1.58. The summed E-state index contributed by atoms with van der Waals surface area (Å²) < 4.78 is 10.4.